The van der Waals surface area contributed by atoms with Gasteiger partial charge in [-0.15, -0.1) is 0 Å². The third-order valence-corrected chi connectivity index (χ3v) is 7.19. The minimum Gasteiger partial charge on any atom is -0.545 e. The molecule has 3 aliphatic rings. The number of rotatable bonds is 4. The molecule has 0 radical (unpaired) electrons. The van der Waals surface area contributed by atoms with Crippen molar-refractivity contribution in [2.75, 3.05) is 5.32 Å². The highest BCUT2D eigenvalue weighted by Gasteiger charge is 2.54. The molecule has 2 bridgehead atoms. The third kappa shape index (κ3) is 2.28. The number of anilines is 1. The van der Waals surface area contributed by atoms with Crippen molar-refractivity contribution in [1.29, 1.82) is 0 Å². The van der Waals surface area contributed by atoms with Crippen molar-refractivity contribution in [1.82, 2.24) is 0 Å². The predicted octanol–water partition coefficient (Wildman–Crippen LogP) is 4.06. The van der Waals surface area contributed by atoms with Gasteiger partial charge in [-0.3, -0.25) is 0 Å². The highest BCUT2D eigenvalue weighted by Crippen LogP contribution is 2.62. The molecule has 0 amide bonds. The molecule has 3 nitrogen and oxygen atoms in total. The molecule has 1 heterocycles. The number of carboxylic acids is 1. The summed E-state index contributed by atoms with van der Waals surface area (Å²) in [5.74, 6) is 1.99. The van der Waals surface area contributed by atoms with E-state index in [1.165, 1.54) is 19.3 Å². The zero-order chi connectivity index (χ0) is 17.0. The Bertz CT molecular complexity index is 670. The van der Waals surface area contributed by atoms with E-state index in [-0.39, 0.29) is 5.56 Å². The Morgan fingerprint density at radius 2 is 2.00 bits per heavy atom. The zero-order valence-electron chi connectivity index (χ0n) is 14.3. The van der Waals surface area contributed by atoms with Crippen molar-refractivity contribution in [2.24, 2.45) is 23.7 Å². The van der Waals surface area contributed by atoms with E-state index in [9.17, 15) is 9.90 Å². The molecule has 1 aromatic carbocycles. The monoisotopic (exact) mass is 346 g/mol. The Hall–Kier alpha value is -1.22. The average Bonchev–Trinajstić information content (AvgIpc) is 3.17. The van der Waals surface area contributed by atoms with E-state index in [2.05, 4.69) is 19.2 Å². The number of benzene rings is 1. The van der Waals surface area contributed by atoms with Gasteiger partial charge in [0, 0.05) is 22.3 Å². The average molecular weight is 347 g/mol. The maximum Gasteiger partial charge on any atom is 0.0736 e. The van der Waals surface area contributed by atoms with E-state index < -0.39 is 5.97 Å². The van der Waals surface area contributed by atoms with Gasteiger partial charge in [-0.05, 0) is 66.5 Å². The number of halogens is 1. The molecule has 4 heteroatoms. The molecule has 1 N–H and O–H groups in total. The molecular weight excluding hydrogens is 322 g/mol. The summed E-state index contributed by atoms with van der Waals surface area (Å²) in [7, 11) is 0. The summed E-state index contributed by atoms with van der Waals surface area (Å²) in [6.45, 7) is 4.49. The zero-order valence-corrected chi connectivity index (χ0v) is 15.1. The van der Waals surface area contributed by atoms with E-state index in [1.54, 1.807) is 6.07 Å². The van der Waals surface area contributed by atoms with Gasteiger partial charge in [0.1, 0.15) is 0 Å². The first-order valence-electron chi connectivity index (χ1n) is 9.36. The molecule has 2 saturated carbocycles. The smallest absolute Gasteiger partial charge is 0.0736 e. The quantitative estimate of drug-likeness (QED) is 0.894. The molecule has 2 aliphatic carbocycles. The first kappa shape index (κ1) is 16.3. The number of aromatic carboxylic acids is 1. The molecule has 5 atom stereocenters. The van der Waals surface area contributed by atoms with Crippen LogP contribution < -0.4 is 10.4 Å². The van der Waals surface area contributed by atoms with Crippen molar-refractivity contribution in [3.63, 3.8) is 0 Å². The summed E-state index contributed by atoms with van der Waals surface area (Å²) in [6.07, 6.45) is 6.14. The van der Waals surface area contributed by atoms with E-state index in [4.69, 9.17) is 11.6 Å². The molecule has 0 unspecified atom stereocenters. The summed E-state index contributed by atoms with van der Waals surface area (Å²) in [5, 5.41) is 15.8. The maximum atomic E-state index is 11.7. The Morgan fingerprint density at radius 1 is 1.29 bits per heavy atom. The van der Waals surface area contributed by atoms with E-state index in [0.29, 0.717) is 34.7 Å². The van der Waals surface area contributed by atoms with Crippen molar-refractivity contribution >= 4 is 23.3 Å². The molecule has 4 rings (SSSR count). The normalized spacial score (nSPS) is 33.2. The number of fused-ring (bicyclic) bond motifs is 7. The van der Waals surface area contributed by atoms with Crippen LogP contribution >= 0.6 is 11.6 Å². The van der Waals surface area contributed by atoms with E-state index in [1.807, 2.05) is 6.07 Å². The fourth-order valence-electron chi connectivity index (χ4n) is 6.02. The largest absolute Gasteiger partial charge is 0.545 e. The summed E-state index contributed by atoms with van der Waals surface area (Å²) < 4.78 is 0. The topological polar surface area (TPSA) is 52.2 Å². The fraction of sp³-hybridized carbons (Fsp3) is 0.650. The first-order valence-corrected chi connectivity index (χ1v) is 9.74. The second-order valence-corrected chi connectivity index (χ2v) is 8.32. The number of carboxylic acid groups (broad SMARTS) is 1. The number of nitrogens with one attached hydrogen (secondary N) is 1. The Labute approximate surface area is 148 Å². The maximum absolute atomic E-state index is 11.7. The Kier molecular flexibility index (Phi) is 4.03. The van der Waals surface area contributed by atoms with Crippen LogP contribution in [0.1, 0.15) is 67.8 Å². The first-order chi connectivity index (χ1) is 11.5. The summed E-state index contributed by atoms with van der Waals surface area (Å²) in [6, 6.07) is 3.91. The third-order valence-electron chi connectivity index (χ3n) is 6.98. The van der Waals surface area contributed by atoms with Crippen LogP contribution in [0.15, 0.2) is 12.1 Å². The van der Waals surface area contributed by atoms with Crippen LogP contribution in [0.2, 0.25) is 5.02 Å². The lowest BCUT2D eigenvalue weighted by Crippen LogP contribution is -2.46. The van der Waals surface area contributed by atoms with Crippen molar-refractivity contribution in [3.8, 4) is 0 Å². The van der Waals surface area contributed by atoms with Gasteiger partial charge < -0.3 is 15.2 Å². The highest BCUT2D eigenvalue weighted by atomic mass is 35.5. The number of carbonyl (C=O) groups excluding carboxylic acids is 1. The number of carbonyl (C=O) groups is 1. The second-order valence-electron chi connectivity index (χ2n) is 7.89. The molecule has 0 spiro atoms. The standard InChI is InChI=1S/C20H26ClNO2/c1-3-10(4-2)18-17-12-6-5-11(7-12)16(17)14-8-13(21)9-15(20(23)24)19(14)22-18/h8-12,16-18,22H,3-7H2,1-2H3,(H,23,24)/p-1/t11-,12-,16+,17-,18-/m0/s1. The lowest BCUT2D eigenvalue weighted by atomic mass is 9.65. The molecule has 24 heavy (non-hydrogen) atoms. The minimum absolute atomic E-state index is 0.231. The van der Waals surface area contributed by atoms with Gasteiger partial charge in [0.15, 0.2) is 0 Å². The van der Waals surface area contributed by atoms with Crippen LogP contribution in [0.25, 0.3) is 0 Å². The van der Waals surface area contributed by atoms with Crippen LogP contribution in [-0.4, -0.2) is 12.0 Å². The van der Waals surface area contributed by atoms with Gasteiger partial charge in [0.05, 0.1) is 5.97 Å². The molecule has 1 aromatic rings. The SMILES string of the molecule is CCC(CC)[C@@H]1Nc2c(C(=O)[O-])cc(Cl)cc2[C@H]2[C@H]3CC[C@@H](C3)[C@@H]21. The van der Waals surface area contributed by atoms with Gasteiger partial charge in [0.2, 0.25) is 0 Å². The summed E-state index contributed by atoms with van der Waals surface area (Å²) >= 11 is 6.25. The molecule has 2 fully saturated rings. The van der Waals surface area contributed by atoms with Gasteiger partial charge in [-0.1, -0.05) is 38.3 Å². The Balaban J connectivity index is 1.86. The molecule has 0 saturated heterocycles. The van der Waals surface area contributed by atoms with Gasteiger partial charge in [-0.25, -0.2) is 0 Å². The van der Waals surface area contributed by atoms with Gasteiger partial charge in [-0.2, -0.15) is 0 Å². The molecule has 1 aliphatic heterocycles. The Morgan fingerprint density at radius 3 is 2.67 bits per heavy atom. The molecule has 130 valence electrons. The lowest BCUT2D eigenvalue weighted by Gasteiger charge is -2.47. The van der Waals surface area contributed by atoms with Crippen molar-refractivity contribution < 1.29 is 9.90 Å². The van der Waals surface area contributed by atoms with Gasteiger partial charge in [0.25, 0.3) is 0 Å². The fourth-order valence-corrected chi connectivity index (χ4v) is 6.24. The predicted molar refractivity (Wildman–Crippen MR) is 94.3 cm³/mol. The van der Waals surface area contributed by atoms with Crippen LogP contribution in [0.4, 0.5) is 5.69 Å². The number of hydrogen-bond donors (Lipinski definition) is 1. The summed E-state index contributed by atoms with van der Waals surface area (Å²) in [4.78, 5) is 11.7. The molecular formula is C20H25ClNO2-. The number of hydrogen-bond acceptors (Lipinski definition) is 3. The lowest BCUT2D eigenvalue weighted by molar-refractivity contribution is -0.254. The van der Waals surface area contributed by atoms with Crippen molar-refractivity contribution in [2.45, 2.75) is 57.9 Å². The molecule has 0 aromatic heterocycles. The van der Waals surface area contributed by atoms with E-state index >= 15 is 0 Å². The highest BCUT2D eigenvalue weighted by molar-refractivity contribution is 6.31. The summed E-state index contributed by atoms with van der Waals surface area (Å²) in [5.41, 5.74) is 2.14. The minimum atomic E-state index is -1.13. The second kappa shape index (κ2) is 5.94. The van der Waals surface area contributed by atoms with Crippen LogP contribution in [-0.2, 0) is 0 Å². The van der Waals surface area contributed by atoms with Crippen LogP contribution in [0.5, 0.6) is 0 Å². The van der Waals surface area contributed by atoms with Crippen molar-refractivity contribution in [3.05, 3.63) is 28.3 Å². The van der Waals surface area contributed by atoms with E-state index in [0.717, 1.165) is 30.0 Å². The van der Waals surface area contributed by atoms with Crippen LogP contribution in [0, 0.1) is 23.7 Å². The van der Waals surface area contributed by atoms with Gasteiger partial charge >= 0.3 is 0 Å². The van der Waals surface area contributed by atoms with Crippen LogP contribution in [0.3, 0.4) is 0 Å².